The normalized spacial score (nSPS) is 30.7. The maximum absolute atomic E-state index is 12.9. The first-order valence-corrected chi connectivity index (χ1v) is 10.7. The van der Waals surface area contributed by atoms with Gasteiger partial charge >= 0.3 is 5.97 Å². The standard InChI is InChI=1S/C25H27NO3/c27-23(21-8-6-20(7-9-21)19-4-2-1-3-5-19)26-22(24(28)29)25-13-16-10-17(14-25)12-18(11-16)15-25/h1-9,16-18,22H,10-15H2,(H,26,27)(H,28,29)/t16?,17?,18?,22-,25?/m0/s1. The van der Waals surface area contributed by atoms with Gasteiger partial charge in [-0.05, 0) is 79.5 Å². The predicted octanol–water partition coefficient (Wildman–Crippen LogP) is 4.75. The minimum Gasteiger partial charge on any atom is -0.480 e. The molecule has 0 spiro atoms. The summed E-state index contributed by atoms with van der Waals surface area (Å²) in [6.45, 7) is 0. The van der Waals surface area contributed by atoms with E-state index in [9.17, 15) is 14.7 Å². The summed E-state index contributed by atoms with van der Waals surface area (Å²) in [7, 11) is 0. The second kappa shape index (κ2) is 7.01. The molecular formula is C25H27NO3. The SMILES string of the molecule is O=C(N[C@@H](C(=O)O)C12CC3CC(CC(C3)C1)C2)c1ccc(-c2ccccc2)cc1. The number of carboxylic acid groups (broad SMARTS) is 1. The first-order chi connectivity index (χ1) is 14.0. The minimum atomic E-state index is -0.888. The van der Waals surface area contributed by atoms with Gasteiger partial charge < -0.3 is 10.4 Å². The second-order valence-corrected chi connectivity index (χ2v) is 9.47. The van der Waals surface area contributed by atoms with Crippen molar-refractivity contribution in [3.05, 3.63) is 60.2 Å². The van der Waals surface area contributed by atoms with E-state index in [-0.39, 0.29) is 11.3 Å². The highest BCUT2D eigenvalue weighted by Gasteiger charge is 2.56. The molecule has 0 unspecified atom stereocenters. The van der Waals surface area contributed by atoms with Gasteiger partial charge in [0.25, 0.3) is 5.91 Å². The van der Waals surface area contributed by atoms with Crippen LogP contribution >= 0.6 is 0 Å². The minimum absolute atomic E-state index is 0.264. The van der Waals surface area contributed by atoms with Gasteiger partial charge in [-0.15, -0.1) is 0 Å². The Morgan fingerprint density at radius 1 is 0.828 bits per heavy atom. The van der Waals surface area contributed by atoms with Gasteiger partial charge in [-0.1, -0.05) is 42.5 Å². The highest BCUT2D eigenvalue weighted by molar-refractivity contribution is 5.97. The van der Waals surface area contributed by atoms with Crippen molar-refractivity contribution in [2.75, 3.05) is 0 Å². The molecule has 4 nitrogen and oxygen atoms in total. The van der Waals surface area contributed by atoms with Crippen molar-refractivity contribution < 1.29 is 14.7 Å². The third kappa shape index (κ3) is 3.35. The van der Waals surface area contributed by atoms with Gasteiger partial charge in [0, 0.05) is 11.0 Å². The number of carboxylic acids is 1. The van der Waals surface area contributed by atoms with E-state index in [0.29, 0.717) is 23.3 Å². The van der Waals surface area contributed by atoms with Gasteiger partial charge in [-0.25, -0.2) is 4.79 Å². The Morgan fingerprint density at radius 3 is 1.86 bits per heavy atom. The van der Waals surface area contributed by atoms with Gasteiger partial charge in [0.15, 0.2) is 0 Å². The summed E-state index contributed by atoms with van der Waals surface area (Å²) in [6.07, 6.45) is 6.59. The van der Waals surface area contributed by atoms with Crippen LogP contribution in [0.1, 0.15) is 48.9 Å². The third-order valence-electron chi connectivity index (χ3n) is 7.47. The molecule has 0 radical (unpaired) electrons. The lowest BCUT2D eigenvalue weighted by Crippen LogP contribution is -2.59. The number of nitrogens with one attached hydrogen (secondary N) is 1. The number of carbonyl (C=O) groups excluding carboxylic acids is 1. The molecule has 4 fully saturated rings. The molecule has 2 aromatic carbocycles. The number of hydrogen-bond acceptors (Lipinski definition) is 2. The topological polar surface area (TPSA) is 66.4 Å². The molecule has 4 heteroatoms. The van der Waals surface area contributed by atoms with Crippen molar-refractivity contribution in [2.45, 2.75) is 44.6 Å². The molecule has 2 N–H and O–H groups in total. The summed E-state index contributed by atoms with van der Waals surface area (Å²) in [5, 5.41) is 12.9. The Kier molecular flexibility index (Phi) is 4.45. The van der Waals surface area contributed by atoms with E-state index >= 15 is 0 Å². The molecule has 0 aliphatic heterocycles. The van der Waals surface area contributed by atoms with E-state index in [4.69, 9.17) is 0 Å². The van der Waals surface area contributed by atoms with Crippen LogP contribution in [0.4, 0.5) is 0 Å². The first kappa shape index (κ1) is 18.4. The molecule has 4 bridgehead atoms. The molecule has 4 saturated carbocycles. The zero-order valence-electron chi connectivity index (χ0n) is 16.5. The number of aliphatic carboxylic acids is 1. The maximum Gasteiger partial charge on any atom is 0.326 e. The van der Waals surface area contributed by atoms with Gasteiger partial charge in [0.2, 0.25) is 0 Å². The van der Waals surface area contributed by atoms with Gasteiger partial charge in [0.1, 0.15) is 6.04 Å². The number of hydrogen-bond donors (Lipinski definition) is 2. The van der Waals surface area contributed by atoms with Gasteiger partial charge in [0.05, 0.1) is 0 Å². The summed E-state index contributed by atoms with van der Waals surface area (Å²) in [5.41, 5.74) is 2.38. The lowest BCUT2D eigenvalue weighted by atomic mass is 9.47. The fraction of sp³-hybridized carbons (Fsp3) is 0.440. The van der Waals surface area contributed by atoms with Crippen molar-refractivity contribution >= 4 is 11.9 Å². The largest absolute Gasteiger partial charge is 0.480 e. The van der Waals surface area contributed by atoms with Crippen molar-refractivity contribution in [2.24, 2.45) is 23.2 Å². The molecule has 1 atom stereocenters. The summed E-state index contributed by atoms with van der Waals surface area (Å²) in [6, 6.07) is 16.6. The second-order valence-electron chi connectivity index (χ2n) is 9.47. The lowest BCUT2D eigenvalue weighted by molar-refractivity contribution is -0.150. The first-order valence-electron chi connectivity index (χ1n) is 10.7. The molecule has 2 aromatic rings. The Balaban J connectivity index is 1.35. The molecule has 6 rings (SSSR count). The molecular weight excluding hydrogens is 362 g/mol. The molecule has 29 heavy (non-hydrogen) atoms. The smallest absolute Gasteiger partial charge is 0.326 e. The molecule has 4 aliphatic carbocycles. The van der Waals surface area contributed by atoms with E-state index in [1.54, 1.807) is 12.1 Å². The Morgan fingerprint density at radius 2 is 1.34 bits per heavy atom. The quantitative estimate of drug-likeness (QED) is 0.775. The monoisotopic (exact) mass is 389 g/mol. The summed E-state index contributed by atoms with van der Waals surface area (Å²) in [4.78, 5) is 25.1. The van der Waals surface area contributed by atoms with Crippen LogP contribution in [0.5, 0.6) is 0 Å². The molecule has 0 heterocycles. The van der Waals surface area contributed by atoms with Crippen LogP contribution < -0.4 is 5.32 Å². The average Bonchev–Trinajstić information content (AvgIpc) is 2.71. The van der Waals surface area contributed by atoms with Crippen molar-refractivity contribution in [1.29, 1.82) is 0 Å². The summed E-state index contributed by atoms with van der Waals surface area (Å²) < 4.78 is 0. The molecule has 1 amide bonds. The fourth-order valence-electron chi connectivity index (χ4n) is 6.67. The van der Waals surface area contributed by atoms with Gasteiger partial charge in [-0.2, -0.15) is 0 Å². The van der Waals surface area contributed by atoms with Crippen LogP contribution in [-0.2, 0) is 4.79 Å². The van der Waals surface area contributed by atoms with Crippen LogP contribution in [0.2, 0.25) is 0 Å². The van der Waals surface area contributed by atoms with Crippen LogP contribution in [0.3, 0.4) is 0 Å². The molecule has 0 saturated heterocycles. The zero-order chi connectivity index (χ0) is 20.0. The number of rotatable bonds is 5. The Labute approximate surface area is 171 Å². The van der Waals surface area contributed by atoms with E-state index < -0.39 is 12.0 Å². The highest BCUT2D eigenvalue weighted by atomic mass is 16.4. The molecule has 0 aromatic heterocycles. The Bertz CT molecular complexity index is 884. The van der Waals surface area contributed by atoms with Crippen molar-refractivity contribution in [1.82, 2.24) is 5.32 Å². The molecule has 4 aliphatic rings. The zero-order valence-corrected chi connectivity index (χ0v) is 16.5. The van der Waals surface area contributed by atoms with Crippen LogP contribution in [0.15, 0.2) is 54.6 Å². The van der Waals surface area contributed by atoms with Crippen molar-refractivity contribution in [3.8, 4) is 11.1 Å². The van der Waals surface area contributed by atoms with E-state index in [1.165, 1.54) is 19.3 Å². The number of amides is 1. The summed E-state index contributed by atoms with van der Waals surface area (Å²) in [5.74, 6) is 0.759. The summed E-state index contributed by atoms with van der Waals surface area (Å²) >= 11 is 0. The van der Waals surface area contributed by atoms with Crippen LogP contribution in [-0.4, -0.2) is 23.0 Å². The number of benzene rings is 2. The van der Waals surface area contributed by atoms with E-state index in [2.05, 4.69) is 5.32 Å². The van der Waals surface area contributed by atoms with E-state index in [0.717, 1.165) is 30.4 Å². The average molecular weight is 389 g/mol. The fourth-order valence-corrected chi connectivity index (χ4v) is 6.67. The highest BCUT2D eigenvalue weighted by Crippen LogP contribution is 2.61. The third-order valence-corrected chi connectivity index (χ3v) is 7.47. The predicted molar refractivity (Wildman–Crippen MR) is 111 cm³/mol. The van der Waals surface area contributed by atoms with Gasteiger partial charge in [-0.3, -0.25) is 4.79 Å². The molecule has 150 valence electrons. The van der Waals surface area contributed by atoms with Crippen LogP contribution in [0, 0.1) is 23.2 Å². The van der Waals surface area contributed by atoms with Crippen LogP contribution in [0.25, 0.3) is 11.1 Å². The van der Waals surface area contributed by atoms with E-state index in [1.807, 2.05) is 42.5 Å². The number of carbonyl (C=O) groups is 2. The maximum atomic E-state index is 12.9. The Hall–Kier alpha value is -2.62. The lowest BCUT2D eigenvalue weighted by Gasteiger charge is -2.58. The van der Waals surface area contributed by atoms with Crippen molar-refractivity contribution in [3.63, 3.8) is 0 Å².